The zero-order valence-electron chi connectivity index (χ0n) is 22.3. The molecular formula is C29H39FN2O6. The first-order chi connectivity index (χ1) is 18.2. The molecule has 1 aromatic rings. The van der Waals surface area contributed by atoms with E-state index in [4.69, 9.17) is 9.47 Å². The number of fused-ring (bicyclic) bond motifs is 2. The molecule has 0 heterocycles. The van der Waals surface area contributed by atoms with Gasteiger partial charge in [0.15, 0.2) is 11.6 Å². The minimum absolute atomic E-state index is 0.0233. The summed E-state index contributed by atoms with van der Waals surface area (Å²) in [6.07, 6.45) is 7.95. The SMILES string of the molecule is COc1cc(F)c(O[C@H]2CC[C@@](C)(C(=O)O)CC2)cc1C(=O)N[C@@H]1[C@H]2CC[C@H](C2)[C@@H]1C(=O)NCC1CCC1. The molecule has 2 bridgehead atoms. The molecule has 0 unspecified atom stereocenters. The largest absolute Gasteiger partial charge is 0.496 e. The van der Waals surface area contributed by atoms with E-state index in [1.165, 1.54) is 19.6 Å². The van der Waals surface area contributed by atoms with Crippen molar-refractivity contribution in [3.05, 3.63) is 23.5 Å². The summed E-state index contributed by atoms with van der Waals surface area (Å²) in [5, 5.41) is 15.7. The van der Waals surface area contributed by atoms with E-state index in [-0.39, 0.29) is 52.9 Å². The molecule has 4 aliphatic rings. The van der Waals surface area contributed by atoms with Crippen molar-refractivity contribution in [1.29, 1.82) is 0 Å². The number of carbonyl (C=O) groups is 3. The summed E-state index contributed by atoms with van der Waals surface area (Å²) in [7, 11) is 1.38. The topological polar surface area (TPSA) is 114 Å². The van der Waals surface area contributed by atoms with Crippen LogP contribution in [0.3, 0.4) is 0 Å². The zero-order chi connectivity index (χ0) is 27.0. The quantitative estimate of drug-likeness (QED) is 0.439. The molecule has 0 radical (unpaired) electrons. The van der Waals surface area contributed by atoms with E-state index >= 15 is 0 Å². The van der Waals surface area contributed by atoms with E-state index < -0.39 is 23.1 Å². The summed E-state index contributed by atoms with van der Waals surface area (Å²) < 4.78 is 26.2. The van der Waals surface area contributed by atoms with Crippen molar-refractivity contribution in [2.24, 2.45) is 29.1 Å². The third kappa shape index (κ3) is 5.21. The minimum Gasteiger partial charge on any atom is -0.496 e. The molecule has 1 aromatic carbocycles. The summed E-state index contributed by atoms with van der Waals surface area (Å²) in [6, 6.07) is 2.25. The highest BCUT2D eigenvalue weighted by atomic mass is 19.1. The first kappa shape index (κ1) is 26.8. The van der Waals surface area contributed by atoms with Crippen LogP contribution in [0, 0.1) is 34.9 Å². The second-order valence-electron chi connectivity index (χ2n) is 12.1. The van der Waals surface area contributed by atoms with Crippen LogP contribution < -0.4 is 20.1 Å². The van der Waals surface area contributed by atoms with Crippen molar-refractivity contribution in [2.45, 2.75) is 83.3 Å². The molecule has 4 fully saturated rings. The Morgan fingerprint density at radius 2 is 1.76 bits per heavy atom. The van der Waals surface area contributed by atoms with E-state index in [2.05, 4.69) is 10.6 Å². The van der Waals surface area contributed by atoms with Crippen molar-refractivity contribution in [1.82, 2.24) is 10.6 Å². The number of rotatable bonds is 9. The molecule has 0 aliphatic heterocycles. The van der Waals surface area contributed by atoms with Crippen LogP contribution >= 0.6 is 0 Å². The Kier molecular flexibility index (Phi) is 7.56. The fourth-order valence-electron chi connectivity index (χ4n) is 6.88. The van der Waals surface area contributed by atoms with Gasteiger partial charge in [0.2, 0.25) is 5.91 Å². The predicted octanol–water partition coefficient (Wildman–Crippen LogP) is 4.31. The van der Waals surface area contributed by atoms with E-state index in [9.17, 15) is 23.9 Å². The number of benzene rings is 1. The monoisotopic (exact) mass is 530 g/mol. The van der Waals surface area contributed by atoms with Crippen LogP contribution in [0.15, 0.2) is 12.1 Å². The molecule has 0 saturated heterocycles. The molecule has 4 saturated carbocycles. The second-order valence-corrected chi connectivity index (χ2v) is 12.1. The van der Waals surface area contributed by atoms with Gasteiger partial charge < -0.3 is 25.2 Å². The molecule has 9 heteroatoms. The molecule has 4 aliphatic carbocycles. The van der Waals surface area contributed by atoms with E-state index in [1.54, 1.807) is 6.92 Å². The normalized spacial score (nSPS) is 32.3. The maximum atomic E-state index is 14.9. The van der Waals surface area contributed by atoms with Gasteiger partial charge in [0.05, 0.1) is 30.1 Å². The lowest BCUT2D eigenvalue weighted by molar-refractivity contribution is -0.150. The van der Waals surface area contributed by atoms with Gasteiger partial charge in [0, 0.05) is 18.7 Å². The number of carboxylic acid groups (broad SMARTS) is 1. The molecule has 2 amide bonds. The van der Waals surface area contributed by atoms with Gasteiger partial charge in [-0.25, -0.2) is 4.39 Å². The highest BCUT2D eigenvalue weighted by Crippen LogP contribution is 2.49. The lowest BCUT2D eigenvalue weighted by Gasteiger charge is -2.34. The number of nitrogens with one attached hydrogen (secondary N) is 2. The average Bonchev–Trinajstić information content (AvgIpc) is 3.47. The Bertz CT molecular complexity index is 1080. The molecule has 0 spiro atoms. The Labute approximate surface area is 223 Å². The summed E-state index contributed by atoms with van der Waals surface area (Å²) in [5.41, 5.74) is -0.642. The number of carbonyl (C=O) groups excluding carboxylic acids is 2. The van der Waals surface area contributed by atoms with Gasteiger partial charge in [-0.15, -0.1) is 0 Å². The molecule has 0 aromatic heterocycles. The van der Waals surface area contributed by atoms with Crippen LogP contribution in [0.4, 0.5) is 4.39 Å². The van der Waals surface area contributed by atoms with Gasteiger partial charge in [-0.3, -0.25) is 14.4 Å². The van der Waals surface area contributed by atoms with Gasteiger partial charge in [-0.1, -0.05) is 6.42 Å². The lowest BCUT2D eigenvalue weighted by atomic mass is 9.75. The van der Waals surface area contributed by atoms with Gasteiger partial charge in [0.25, 0.3) is 5.91 Å². The van der Waals surface area contributed by atoms with Crippen LogP contribution in [0.2, 0.25) is 0 Å². The summed E-state index contributed by atoms with van der Waals surface area (Å²) >= 11 is 0. The third-order valence-electron chi connectivity index (χ3n) is 9.65. The van der Waals surface area contributed by atoms with E-state index in [1.807, 2.05) is 0 Å². The minimum atomic E-state index is -0.832. The summed E-state index contributed by atoms with van der Waals surface area (Å²) in [4.78, 5) is 38.2. The van der Waals surface area contributed by atoms with Gasteiger partial charge in [-0.2, -0.15) is 0 Å². The maximum Gasteiger partial charge on any atom is 0.309 e. The fraction of sp³-hybridized carbons (Fsp3) is 0.690. The van der Waals surface area contributed by atoms with Crippen LogP contribution in [-0.2, 0) is 9.59 Å². The number of hydrogen-bond donors (Lipinski definition) is 3. The molecular weight excluding hydrogens is 491 g/mol. The number of amides is 2. The standard InChI is InChI=1S/C29H39FN2O6/c1-29(28(35)36)10-8-19(9-11-29)38-23-13-20(22(37-2)14-21(23)30)26(33)32-25-18-7-6-17(12-18)24(25)27(34)31-15-16-4-3-5-16/h13-14,16-19,24-25H,3-12,15H2,1-2H3,(H,31,34)(H,32,33)(H,35,36)/t17-,18+,19-,24+,25-,29+/m1/s1. The molecule has 8 nitrogen and oxygen atoms in total. The van der Waals surface area contributed by atoms with Crippen molar-refractivity contribution < 1.29 is 33.4 Å². The Balaban J connectivity index is 1.28. The number of carboxylic acids is 1. The summed E-state index contributed by atoms with van der Waals surface area (Å²) in [6.45, 7) is 2.42. The number of hydrogen-bond acceptors (Lipinski definition) is 5. The Morgan fingerprint density at radius 3 is 2.39 bits per heavy atom. The first-order valence-electron chi connectivity index (χ1n) is 14.0. The first-order valence-corrected chi connectivity index (χ1v) is 14.0. The highest BCUT2D eigenvalue weighted by molar-refractivity contribution is 5.98. The van der Waals surface area contributed by atoms with Crippen LogP contribution in [-0.4, -0.2) is 48.7 Å². The van der Waals surface area contributed by atoms with Gasteiger partial charge >= 0.3 is 5.97 Å². The van der Waals surface area contributed by atoms with Crippen LogP contribution in [0.25, 0.3) is 0 Å². The second kappa shape index (κ2) is 10.7. The number of methoxy groups -OCH3 is 1. The van der Waals surface area contributed by atoms with Crippen molar-refractivity contribution in [3.8, 4) is 11.5 Å². The van der Waals surface area contributed by atoms with E-state index in [0.29, 0.717) is 38.1 Å². The van der Waals surface area contributed by atoms with Gasteiger partial charge in [0.1, 0.15) is 5.75 Å². The molecule has 3 N–H and O–H groups in total. The van der Waals surface area contributed by atoms with Crippen molar-refractivity contribution in [2.75, 3.05) is 13.7 Å². The lowest BCUT2D eigenvalue weighted by Crippen LogP contribution is -2.50. The summed E-state index contributed by atoms with van der Waals surface area (Å²) in [5.74, 6) is -0.996. The number of ether oxygens (including phenoxy) is 2. The Hall–Kier alpha value is -2.84. The van der Waals surface area contributed by atoms with E-state index in [0.717, 1.165) is 38.2 Å². The van der Waals surface area contributed by atoms with Gasteiger partial charge in [-0.05, 0) is 88.5 Å². The zero-order valence-corrected chi connectivity index (χ0v) is 22.3. The smallest absolute Gasteiger partial charge is 0.309 e. The molecule has 208 valence electrons. The number of halogens is 1. The van der Waals surface area contributed by atoms with Crippen molar-refractivity contribution >= 4 is 17.8 Å². The molecule has 38 heavy (non-hydrogen) atoms. The highest BCUT2D eigenvalue weighted by Gasteiger charge is 2.51. The van der Waals surface area contributed by atoms with Crippen molar-refractivity contribution in [3.63, 3.8) is 0 Å². The predicted molar refractivity (Wildman–Crippen MR) is 138 cm³/mol. The maximum absolute atomic E-state index is 14.9. The molecule has 4 atom stereocenters. The average molecular weight is 531 g/mol. The number of aliphatic carboxylic acids is 1. The van der Waals surface area contributed by atoms with Crippen LogP contribution in [0.5, 0.6) is 11.5 Å². The fourth-order valence-corrected chi connectivity index (χ4v) is 6.88. The third-order valence-corrected chi connectivity index (χ3v) is 9.65. The molecule has 5 rings (SSSR count). The van der Waals surface area contributed by atoms with Crippen LogP contribution in [0.1, 0.15) is 81.5 Å². The Morgan fingerprint density at radius 1 is 1.05 bits per heavy atom.